The van der Waals surface area contributed by atoms with E-state index in [2.05, 4.69) is 66.3 Å². The Hall–Kier alpha value is -2.55. The lowest BCUT2D eigenvalue weighted by Crippen LogP contribution is -2.29. The largest absolute Gasteiger partial charge is 0.350 e. The average molecular weight is 332 g/mol. The first-order valence-electron chi connectivity index (χ1n) is 9.11. The molecule has 3 nitrogen and oxygen atoms in total. The fourth-order valence-electron chi connectivity index (χ4n) is 4.01. The predicted octanol–water partition coefficient (Wildman–Crippen LogP) is 4.32. The van der Waals surface area contributed by atoms with Crippen molar-refractivity contribution >= 4 is 16.8 Å². The molecule has 0 bridgehead atoms. The minimum absolute atomic E-state index is 0.0976. The number of fused-ring (bicyclic) bond motifs is 1. The Balaban J connectivity index is 1.75. The van der Waals surface area contributed by atoms with Crippen molar-refractivity contribution in [2.45, 2.75) is 25.2 Å². The molecule has 3 heteroatoms. The molecule has 2 heterocycles. The topological polar surface area (TPSA) is 25.2 Å². The van der Waals surface area contributed by atoms with Gasteiger partial charge in [-0.15, -0.1) is 0 Å². The number of benzene rings is 2. The van der Waals surface area contributed by atoms with Crippen molar-refractivity contribution in [2.75, 3.05) is 13.1 Å². The maximum absolute atomic E-state index is 12.9. The number of likely N-dealkylation sites (tertiary alicyclic amines) is 1. The minimum Gasteiger partial charge on any atom is -0.350 e. The van der Waals surface area contributed by atoms with Crippen molar-refractivity contribution in [3.8, 4) is 0 Å². The Morgan fingerprint density at radius 3 is 2.44 bits per heavy atom. The van der Waals surface area contributed by atoms with Gasteiger partial charge in [0.1, 0.15) is 0 Å². The van der Waals surface area contributed by atoms with Crippen molar-refractivity contribution in [2.24, 2.45) is 7.05 Å². The van der Waals surface area contributed by atoms with Gasteiger partial charge in [-0.25, -0.2) is 0 Å². The second-order valence-electron chi connectivity index (χ2n) is 6.97. The number of amides is 1. The molecule has 1 atom stereocenters. The monoisotopic (exact) mass is 332 g/mol. The summed E-state index contributed by atoms with van der Waals surface area (Å²) in [6.07, 6.45) is 5.00. The predicted molar refractivity (Wildman–Crippen MR) is 102 cm³/mol. The molecule has 1 fully saturated rings. The van der Waals surface area contributed by atoms with Crippen LogP contribution in [0.5, 0.6) is 0 Å². The quantitative estimate of drug-likeness (QED) is 0.698. The van der Waals surface area contributed by atoms with Crippen LogP contribution in [0.15, 0.2) is 60.8 Å². The van der Waals surface area contributed by atoms with E-state index in [1.54, 1.807) is 0 Å². The van der Waals surface area contributed by atoms with Gasteiger partial charge in [0.15, 0.2) is 0 Å². The highest BCUT2D eigenvalue weighted by molar-refractivity contribution is 5.86. The van der Waals surface area contributed by atoms with Crippen molar-refractivity contribution in [3.05, 3.63) is 71.9 Å². The first kappa shape index (κ1) is 15.9. The molecule has 25 heavy (non-hydrogen) atoms. The molecule has 2 aromatic carbocycles. The van der Waals surface area contributed by atoms with Gasteiger partial charge in [-0.2, -0.15) is 0 Å². The molecule has 1 amide bonds. The fourth-order valence-corrected chi connectivity index (χ4v) is 4.01. The zero-order valence-corrected chi connectivity index (χ0v) is 14.7. The summed E-state index contributed by atoms with van der Waals surface area (Å²) < 4.78 is 2.17. The van der Waals surface area contributed by atoms with E-state index in [0.29, 0.717) is 6.42 Å². The second kappa shape index (κ2) is 6.75. The van der Waals surface area contributed by atoms with Gasteiger partial charge >= 0.3 is 0 Å². The Morgan fingerprint density at radius 1 is 1.00 bits per heavy atom. The van der Waals surface area contributed by atoms with Crippen LogP contribution in [0.25, 0.3) is 10.9 Å². The standard InChI is InChI=1S/C22H24N2O/c1-23-16-20(18-11-5-6-12-21(18)23)19(17-9-3-2-4-10-17)15-22(25)24-13-7-8-14-24/h2-6,9-12,16,19H,7-8,13-15H2,1H3. The minimum atomic E-state index is 0.0976. The third-order valence-electron chi connectivity index (χ3n) is 5.34. The number of rotatable bonds is 4. The molecule has 1 aliphatic rings. The Morgan fingerprint density at radius 2 is 1.68 bits per heavy atom. The maximum atomic E-state index is 12.9. The number of carbonyl (C=O) groups is 1. The van der Waals surface area contributed by atoms with Crippen LogP contribution in [-0.2, 0) is 11.8 Å². The van der Waals surface area contributed by atoms with Gasteiger partial charge in [0, 0.05) is 49.6 Å². The summed E-state index contributed by atoms with van der Waals surface area (Å²) in [4.78, 5) is 14.9. The highest BCUT2D eigenvalue weighted by Gasteiger charge is 2.26. The number of aryl methyl sites for hydroxylation is 1. The van der Waals surface area contributed by atoms with Crippen molar-refractivity contribution in [1.82, 2.24) is 9.47 Å². The molecule has 0 radical (unpaired) electrons. The van der Waals surface area contributed by atoms with Crippen molar-refractivity contribution in [3.63, 3.8) is 0 Å². The normalized spacial score (nSPS) is 15.6. The molecule has 0 N–H and O–H groups in total. The summed E-state index contributed by atoms with van der Waals surface area (Å²) in [5.41, 5.74) is 3.68. The second-order valence-corrected chi connectivity index (χ2v) is 6.97. The van der Waals surface area contributed by atoms with Gasteiger partial charge in [-0.1, -0.05) is 48.5 Å². The summed E-state index contributed by atoms with van der Waals surface area (Å²) in [6.45, 7) is 1.83. The molecule has 128 valence electrons. The zero-order valence-electron chi connectivity index (χ0n) is 14.7. The molecule has 3 aromatic rings. The van der Waals surface area contributed by atoms with E-state index in [1.165, 1.54) is 22.0 Å². The van der Waals surface area contributed by atoms with Gasteiger partial charge < -0.3 is 9.47 Å². The number of aromatic nitrogens is 1. The van der Waals surface area contributed by atoms with Crippen LogP contribution in [0.4, 0.5) is 0 Å². The SMILES string of the molecule is Cn1cc(C(CC(=O)N2CCCC2)c2ccccc2)c2ccccc21. The summed E-state index contributed by atoms with van der Waals surface area (Å²) in [6, 6.07) is 18.9. The third-order valence-corrected chi connectivity index (χ3v) is 5.34. The highest BCUT2D eigenvalue weighted by Crippen LogP contribution is 2.35. The first-order chi connectivity index (χ1) is 12.2. The van der Waals surface area contributed by atoms with Gasteiger partial charge in [-0.3, -0.25) is 4.79 Å². The Bertz CT molecular complexity index is 875. The Labute approximate surface area is 148 Å². The molecule has 0 aliphatic carbocycles. The zero-order chi connectivity index (χ0) is 17.2. The summed E-state index contributed by atoms with van der Waals surface area (Å²) in [7, 11) is 2.08. The molecule has 1 aromatic heterocycles. The molecule has 0 spiro atoms. The van der Waals surface area contributed by atoms with Crippen LogP contribution < -0.4 is 0 Å². The fraction of sp³-hybridized carbons (Fsp3) is 0.318. The number of hydrogen-bond donors (Lipinski definition) is 0. The lowest BCUT2D eigenvalue weighted by molar-refractivity contribution is -0.130. The van der Waals surface area contributed by atoms with Crippen LogP contribution >= 0.6 is 0 Å². The van der Waals surface area contributed by atoms with Crippen LogP contribution in [0.1, 0.15) is 36.3 Å². The number of hydrogen-bond acceptors (Lipinski definition) is 1. The van der Waals surface area contributed by atoms with Gasteiger partial charge in [0.25, 0.3) is 0 Å². The molecular formula is C22H24N2O. The molecule has 0 saturated carbocycles. The number of carbonyl (C=O) groups excluding carboxylic acids is 1. The van der Waals surface area contributed by atoms with Crippen molar-refractivity contribution < 1.29 is 4.79 Å². The van der Waals surface area contributed by atoms with Crippen LogP contribution in [0.3, 0.4) is 0 Å². The molecule has 1 saturated heterocycles. The van der Waals surface area contributed by atoms with E-state index in [1.807, 2.05) is 11.0 Å². The van der Waals surface area contributed by atoms with E-state index >= 15 is 0 Å². The Kier molecular flexibility index (Phi) is 4.31. The van der Waals surface area contributed by atoms with Gasteiger partial charge in [0.05, 0.1) is 0 Å². The van der Waals surface area contributed by atoms with E-state index in [0.717, 1.165) is 25.9 Å². The van der Waals surface area contributed by atoms with Crippen LogP contribution in [0.2, 0.25) is 0 Å². The summed E-state index contributed by atoms with van der Waals surface area (Å²) in [5.74, 6) is 0.375. The summed E-state index contributed by atoms with van der Waals surface area (Å²) in [5, 5.41) is 1.24. The lowest BCUT2D eigenvalue weighted by atomic mass is 9.88. The van der Waals surface area contributed by atoms with Crippen molar-refractivity contribution in [1.29, 1.82) is 0 Å². The molecule has 1 unspecified atom stereocenters. The van der Waals surface area contributed by atoms with E-state index in [-0.39, 0.29) is 11.8 Å². The van der Waals surface area contributed by atoms with Crippen LogP contribution in [0, 0.1) is 0 Å². The molecular weight excluding hydrogens is 308 g/mol. The molecule has 1 aliphatic heterocycles. The third kappa shape index (κ3) is 3.07. The van der Waals surface area contributed by atoms with E-state index in [9.17, 15) is 4.79 Å². The highest BCUT2D eigenvalue weighted by atomic mass is 16.2. The number of nitrogens with zero attached hydrogens (tertiary/aromatic N) is 2. The van der Waals surface area contributed by atoms with E-state index in [4.69, 9.17) is 0 Å². The van der Waals surface area contributed by atoms with Gasteiger partial charge in [0.2, 0.25) is 5.91 Å². The maximum Gasteiger partial charge on any atom is 0.223 e. The summed E-state index contributed by atoms with van der Waals surface area (Å²) >= 11 is 0. The molecule has 4 rings (SSSR count). The van der Waals surface area contributed by atoms with Crippen LogP contribution in [-0.4, -0.2) is 28.5 Å². The van der Waals surface area contributed by atoms with Gasteiger partial charge in [-0.05, 0) is 30.0 Å². The lowest BCUT2D eigenvalue weighted by Gasteiger charge is -2.21. The number of para-hydroxylation sites is 1. The first-order valence-corrected chi connectivity index (χ1v) is 9.11. The average Bonchev–Trinajstić information content (AvgIpc) is 3.29. The smallest absolute Gasteiger partial charge is 0.223 e. The van der Waals surface area contributed by atoms with E-state index < -0.39 is 0 Å².